The fraction of sp³-hybridized carbons (Fsp3) is 0.625. The van der Waals surface area contributed by atoms with Gasteiger partial charge in [0.1, 0.15) is 5.75 Å². The van der Waals surface area contributed by atoms with Crippen LogP contribution in [-0.2, 0) is 19.3 Å². The number of fused-ring (bicyclic) bond motifs is 1. The Labute approximate surface area is 241 Å². The van der Waals surface area contributed by atoms with Gasteiger partial charge >= 0.3 is 0 Å². The summed E-state index contributed by atoms with van der Waals surface area (Å²) in [4.78, 5) is 5.86. The second-order valence-corrected chi connectivity index (χ2v) is 8.98. The molecule has 2 atom stereocenters. The lowest BCUT2D eigenvalue weighted by Gasteiger charge is -2.25. The quantitative estimate of drug-likeness (QED) is 0.135. The van der Waals surface area contributed by atoms with E-state index in [0.717, 1.165) is 43.7 Å². The third-order valence-corrected chi connectivity index (χ3v) is 5.81. The molecule has 0 heterocycles. The molecule has 0 radical (unpaired) electrons. The number of unbranched alkanes of at least 4 members (excludes halogenated alkanes) is 1. The van der Waals surface area contributed by atoms with E-state index in [4.69, 9.17) is 4.84 Å². The van der Waals surface area contributed by atoms with E-state index in [2.05, 4.69) is 99.1 Å². The number of nitrogens with one attached hydrogen (secondary N) is 2. The zero-order valence-electron chi connectivity index (χ0n) is 25.4. The maximum Gasteiger partial charge on any atom is 0.147 e. The first kappa shape index (κ1) is 37.9. The molecule has 2 aromatic carbocycles. The molecule has 0 amide bonds. The zero-order valence-corrected chi connectivity index (χ0v) is 27.2. The number of benzene rings is 2. The van der Waals surface area contributed by atoms with E-state index in [1.165, 1.54) is 42.4 Å². The summed E-state index contributed by atoms with van der Waals surface area (Å²) in [5, 5.41) is 3.53. The molecule has 0 spiro atoms. The average molecular weight is 551 g/mol. The van der Waals surface area contributed by atoms with Crippen LogP contribution in [0.2, 0.25) is 0 Å². The first-order chi connectivity index (χ1) is 18.1. The molecule has 0 fully saturated rings. The van der Waals surface area contributed by atoms with Gasteiger partial charge in [0.2, 0.25) is 0 Å². The second-order valence-electron chi connectivity index (χ2n) is 8.98. The van der Waals surface area contributed by atoms with Crippen molar-refractivity contribution >= 4 is 29.0 Å². The highest BCUT2D eigenvalue weighted by Gasteiger charge is 2.19. The van der Waals surface area contributed by atoms with E-state index in [-0.39, 0.29) is 0 Å². The Hall–Kier alpha value is -1.30. The maximum atomic E-state index is 5.86. The number of anilines is 1. The molecular formula is C32H58N2OS2. The lowest BCUT2D eigenvalue weighted by Crippen LogP contribution is -2.36. The van der Waals surface area contributed by atoms with Crippen LogP contribution in [0.4, 0.5) is 5.69 Å². The van der Waals surface area contributed by atoms with Crippen LogP contribution in [0.5, 0.6) is 5.75 Å². The number of hydroxylamine groups is 1. The Morgan fingerprint density at radius 1 is 0.919 bits per heavy atom. The Morgan fingerprint density at radius 2 is 1.54 bits per heavy atom. The smallest absolute Gasteiger partial charge is 0.147 e. The third kappa shape index (κ3) is 17.0. The van der Waals surface area contributed by atoms with Crippen molar-refractivity contribution in [3.8, 4) is 5.75 Å². The molecule has 0 aliphatic heterocycles. The van der Waals surface area contributed by atoms with Gasteiger partial charge in [0.25, 0.3) is 0 Å². The van der Waals surface area contributed by atoms with E-state index in [0.29, 0.717) is 12.0 Å². The normalized spacial score (nSPS) is 13.9. The second kappa shape index (κ2) is 26.3. The first-order valence-corrected chi connectivity index (χ1v) is 16.3. The van der Waals surface area contributed by atoms with E-state index in [1.807, 2.05) is 39.8 Å². The summed E-state index contributed by atoms with van der Waals surface area (Å²) < 4.78 is 0. The predicted molar refractivity (Wildman–Crippen MR) is 176 cm³/mol. The lowest BCUT2D eigenvalue weighted by atomic mass is 9.87. The van der Waals surface area contributed by atoms with Crippen molar-refractivity contribution in [3.05, 3.63) is 59.2 Å². The summed E-state index contributed by atoms with van der Waals surface area (Å²) in [6.45, 7) is 20.1. The van der Waals surface area contributed by atoms with Gasteiger partial charge in [-0.2, -0.15) is 5.48 Å². The largest absolute Gasteiger partial charge is 0.408 e. The molecule has 0 saturated carbocycles. The molecule has 2 aromatic rings. The van der Waals surface area contributed by atoms with Crippen molar-refractivity contribution in [1.29, 1.82) is 0 Å². The zero-order chi connectivity index (χ0) is 28.5. The summed E-state index contributed by atoms with van der Waals surface area (Å²) in [6.07, 6.45) is 9.52. The molecule has 5 heteroatoms. The van der Waals surface area contributed by atoms with Crippen molar-refractivity contribution in [2.24, 2.45) is 5.92 Å². The predicted octanol–water partition coefficient (Wildman–Crippen LogP) is 10.2. The Bertz CT molecular complexity index is 753. The summed E-state index contributed by atoms with van der Waals surface area (Å²) in [6, 6.07) is 15.6. The SMILES string of the molecule is CC.CC.CCC.CCCCC(C)CNc1ccc(ONC2CCc3cc(CC)ccc3C2)cc1.SS. The van der Waals surface area contributed by atoms with Gasteiger partial charge in [-0.05, 0) is 79.0 Å². The number of aryl methyl sites for hydroxylation is 2. The summed E-state index contributed by atoms with van der Waals surface area (Å²) in [5.74, 6) is 1.58. The highest BCUT2D eigenvalue weighted by atomic mass is 33.1. The van der Waals surface area contributed by atoms with Crippen molar-refractivity contribution in [2.75, 3.05) is 11.9 Å². The van der Waals surface area contributed by atoms with Crippen LogP contribution in [0.1, 0.15) is 111 Å². The Kier molecular flexibility index (Phi) is 26.9. The minimum absolute atomic E-state index is 0.372. The molecule has 2 unspecified atom stereocenters. The Morgan fingerprint density at radius 3 is 2.11 bits per heavy atom. The maximum absolute atomic E-state index is 5.86. The monoisotopic (exact) mass is 550 g/mol. The standard InChI is InChI=1S/C25H36N2O.C3H8.2C2H6.H2S2/c1-4-6-7-19(3)18-26-23-12-14-25(15-13-23)28-27-24-11-10-21-16-20(5-2)8-9-22(21)17-24;1-3-2;3*1-2/h8-9,12-16,19,24,26-27H,4-7,10-11,17-18H2,1-3H3;3H2,1-2H3;2*1-2H3;1-2H. The highest BCUT2D eigenvalue weighted by Crippen LogP contribution is 2.24. The topological polar surface area (TPSA) is 33.3 Å². The van der Waals surface area contributed by atoms with Gasteiger partial charge < -0.3 is 10.2 Å². The number of thiol groups is 2. The molecule has 0 saturated heterocycles. The van der Waals surface area contributed by atoms with Crippen molar-refractivity contribution in [2.45, 2.75) is 120 Å². The first-order valence-electron chi connectivity index (χ1n) is 14.7. The molecule has 37 heavy (non-hydrogen) atoms. The molecule has 3 nitrogen and oxygen atoms in total. The van der Waals surface area contributed by atoms with Crippen LogP contribution >= 0.6 is 23.3 Å². The molecule has 1 aliphatic carbocycles. The van der Waals surface area contributed by atoms with E-state index in [1.54, 1.807) is 0 Å². The fourth-order valence-corrected chi connectivity index (χ4v) is 3.87. The molecule has 214 valence electrons. The van der Waals surface area contributed by atoms with Gasteiger partial charge in [0.15, 0.2) is 0 Å². The van der Waals surface area contributed by atoms with Gasteiger partial charge in [-0.1, -0.05) is 99.8 Å². The van der Waals surface area contributed by atoms with Gasteiger partial charge in [-0.3, -0.25) is 0 Å². The van der Waals surface area contributed by atoms with Crippen LogP contribution in [0.25, 0.3) is 0 Å². The van der Waals surface area contributed by atoms with Gasteiger partial charge in [-0.25, -0.2) is 0 Å². The summed E-state index contributed by atoms with van der Waals surface area (Å²) >= 11 is 6.44. The number of rotatable bonds is 10. The van der Waals surface area contributed by atoms with Gasteiger partial charge in [0, 0.05) is 18.3 Å². The molecule has 0 aromatic heterocycles. The third-order valence-electron chi connectivity index (χ3n) is 5.81. The molecule has 0 bridgehead atoms. The van der Waals surface area contributed by atoms with E-state index in [9.17, 15) is 0 Å². The van der Waals surface area contributed by atoms with E-state index < -0.39 is 0 Å². The average Bonchev–Trinajstić information content (AvgIpc) is 2.97. The molecule has 2 N–H and O–H groups in total. The summed E-state index contributed by atoms with van der Waals surface area (Å²) in [5.41, 5.74) is 8.85. The van der Waals surface area contributed by atoms with Crippen LogP contribution in [0.3, 0.4) is 0 Å². The molecule has 1 aliphatic rings. The van der Waals surface area contributed by atoms with Crippen LogP contribution < -0.4 is 15.6 Å². The summed E-state index contributed by atoms with van der Waals surface area (Å²) in [7, 11) is 0. The van der Waals surface area contributed by atoms with E-state index >= 15 is 0 Å². The van der Waals surface area contributed by atoms with Gasteiger partial charge in [-0.15, -0.1) is 23.3 Å². The minimum Gasteiger partial charge on any atom is -0.408 e. The van der Waals surface area contributed by atoms with Crippen LogP contribution in [0, 0.1) is 5.92 Å². The van der Waals surface area contributed by atoms with Crippen molar-refractivity contribution < 1.29 is 4.84 Å². The molecular weight excluding hydrogens is 492 g/mol. The number of hydrogen-bond donors (Lipinski definition) is 4. The molecule has 3 rings (SSSR count). The fourth-order valence-electron chi connectivity index (χ4n) is 3.87. The van der Waals surface area contributed by atoms with Crippen molar-refractivity contribution in [1.82, 2.24) is 5.48 Å². The van der Waals surface area contributed by atoms with Crippen LogP contribution in [-0.4, -0.2) is 12.6 Å². The Balaban J connectivity index is 0. The number of hydrogen-bond acceptors (Lipinski definition) is 5. The van der Waals surface area contributed by atoms with Crippen LogP contribution in [0.15, 0.2) is 42.5 Å². The van der Waals surface area contributed by atoms with Gasteiger partial charge in [0.05, 0.1) is 0 Å². The highest BCUT2D eigenvalue weighted by molar-refractivity contribution is 8.59. The lowest BCUT2D eigenvalue weighted by molar-refractivity contribution is 0.146. The minimum atomic E-state index is 0.372. The van der Waals surface area contributed by atoms with Crippen molar-refractivity contribution in [3.63, 3.8) is 0 Å².